The Labute approximate surface area is 198 Å². The molecule has 13 heteroatoms. The lowest BCUT2D eigenvalue weighted by molar-refractivity contribution is -0.160. The number of hydrogen-bond acceptors (Lipinski definition) is 5. The van der Waals surface area contributed by atoms with E-state index in [1.165, 1.54) is 12.3 Å². The summed E-state index contributed by atoms with van der Waals surface area (Å²) < 4.78 is 91.0. The van der Waals surface area contributed by atoms with Crippen LogP contribution in [0.15, 0.2) is 23.4 Å². The molecule has 190 valence electrons. The highest BCUT2D eigenvalue weighted by Crippen LogP contribution is 2.66. The van der Waals surface area contributed by atoms with Gasteiger partial charge in [-0.25, -0.2) is 22.8 Å². The van der Waals surface area contributed by atoms with Gasteiger partial charge in [-0.15, -0.1) is 0 Å². The molecule has 1 atom stereocenters. The second-order valence-corrected chi connectivity index (χ2v) is 12.8. The van der Waals surface area contributed by atoms with Gasteiger partial charge in [-0.1, -0.05) is 6.92 Å². The molecular formula is C22H24F5N5O2S. The third-order valence-corrected chi connectivity index (χ3v) is 8.31. The van der Waals surface area contributed by atoms with Gasteiger partial charge in [-0.3, -0.25) is 9.48 Å². The number of pyridine rings is 1. The minimum Gasteiger partial charge on any atom is -0.320 e. The second-order valence-electron chi connectivity index (χ2n) is 10.7. The van der Waals surface area contributed by atoms with E-state index < -0.39 is 62.7 Å². The first-order valence-corrected chi connectivity index (χ1v) is 13.0. The molecule has 0 saturated heterocycles. The van der Waals surface area contributed by atoms with Crippen LogP contribution in [0.25, 0.3) is 0 Å². The largest absolute Gasteiger partial charge is 0.420 e. The molecule has 35 heavy (non-hydrogen) atoms. The Morgan fingerprint density at radius 3 is 2.40 bits per heavy atom. The van der Waals surface area contributed by atoms with Crippen molar-refractivity contribution in [3.63, 3.8) is 0 Å². The molecule has 0 radical (unpaired) electrons. The molecule has 1 unspecified atom stereocenters. The van der Waals surface area contributed by atoms with Gasteiger partial charge in [0.1, 0.15) is 16.3 Å². The number of anilines is 1. The number of aromatic nitrogens is 3. The van der Waals surface area contributed by atoms with Crippen molar-refractivity contribution < 1.29 is 31.0 Å². The molecule has 1 amide bonds. The fourth-order valence-electron chi connectivity index (χ4n) is 5.78. The van der Waals surface area contributed by atoms with Crippen molar-refractivity contribution >= 4 is 21.3 Å². The molecule has 0 aliphatic heterocycles. The third kappa shape index (κ3) is 4.11. The molecule has 2 aromatic rings. The fourth-order valence-corrected chi connectivity index (χ4v) is 6.39. The van der Waals surface area contributed by atoms with Gasteiger partial charge in [0.2, 0.25) is 5.92 Å². The van der Waals surface area contributed by atoms with E-state index in [9.17, 15) is 31.0 Å². The summed E-state index contributed by atoms with van der Waals surface area (Å²) in [4.78, 5) is 17.1. The van der Waals surface area contributed by atoms with Crippen molar-refractivity contribution in [1.82, 2.24) is 14.8 Å². The van der Waals surface area contributed by atoms with E-state index in [1.54, 1.807) is 6.92 Å². The Bertz CT molecular complexity index is 1310. The van der Waals surface area contributed by atoms with Gasteiger partial charge in [0.15, 0.2) is 0 Å². The number of halogens is 5. The van der Waals surface area contributed by atoms with E-state index in [2.05, 4.69) is 15.4 Å². The highest BCUT2D eigenvalue weighted by molar-refractivity contribution is 7.91. The summed E-state index contributed by atoms with van der Waals surface area (Å²) in [5, 5.41) is 6.48. The molecule has 2 bridgehead atoms. The molecule has 0 aromatic carbocycles. The molecule has 2 heterocycles. The van der Waals surface area contributed by atoms with Crippen molar-refractivity contribution in [1.29, 1.82) is 4.78 Å². The fraction of sp³-hybridized carbons (Fsp3) is 0.591. The summed E-state index contributed by atoms with van der Waals surface area (Å²) in [6.07, 6.45) is -1.90. The van der Waals surface area contributed by atoms with Crippen LogP contribution < -0.4 is 5.32 Å². The van der Waals surface area contributed by atoms with Gasteiger partial charge in [0, 0.05) is 42.9 Å². The topological polar surface area (TPSA) is 101 Å². The molecule has 0 spiro atoms. The SMILES string of the molecule is CC1(Cn2nc(C34CC(C3)C4)c(C(F)(F)F)c2C(=O)Nc2ccnc(S(C)(=N)=O)c2)CC(F)(F)C1. The maximum atomic E-state index is 14.4. The number of nitrogens with zero attached hydrogens (tertiary/aromatic N) is 3. The first-order chi connectivity index (χ1) is 16.0. The summed E-state index contributed by atoms with van der Waals surface area (Å²) in [7, 11) is -3.23. The van der Waals surface area contributed by atoms with Crippen LogP contribution in [0.1, 0.15) is 60.8 Å². The number of alkyl halides is 5. The molecule has 2 aromatic heterocycles. The zero-order valence-corrected chi connectivity index (χ0v) is 19.8. The molecule has 4 saturated carbocycles. The zero-order chi connectivity index (χ0) is 25.6. The van der Waals surface area contributed by atoms with Crippen LogP contribution in [-0.4, -0.2) is 37.1 Å². The third-order valence-electron chi connectivity index (χ3n) is 7.29. The lowest BCUT2D eigenvalue weighted by atomic mass is 9.43. The molecular weight excluding hydrogens is 493 g/mol. The van der Waals surface area contributed by atoms with Crippen LogP contribution in [0.3, 0.4) is 0 Å². The number of amides is 1. The maximum Gasteiger partial charge on any atom is 0.420 e. The number of carbonyl (C=O) groups is 1. The monoisotopic (exact) mass is 517 g/mol. The number of nitrogens with one attached hydrogen (secondary N) is 2. The molecule has 4 fully saturated rings. The van der Waals surface area contributed by atoms with Crippen LogP contribution in [0.4, 0.5) is 27.6 Å². The van der Waals surface area contributed by atoms with E-state index in [4.69, 9.17) is 4.78 Å². The average Bonchev–Trinajstić information content (AvgIpc) is 2.95. The van der Waals surface area contributed by atoms with E-state index in [1.807, 2.05) is 0 Å². The Balaban J connectivity index is 1.57. The normalized spacial score (nSPS) is 27.7. The number of carbonyl (C=O) groups excluding carboxylic acids is 1. The smallest absolute Gasteiger partial charge is 0.320 e. The first-order valence-electron chi connectivity index (χ1n) is 11.1. The minimum absolute atomic E-state index is 0.0103. The summed E-state index contributed by atoms with van der Waals surface area (Å²) in [6.45, 7) is 1.29. The van der Waals surface area contributed by atoms with Gasteiger partial charge in [-0.2, -0.15) is 18.3 Å². The van der Waals surface area contributed by atoms with Gasteiger partial charge in [0.25, 0.3) is 5.91 Å². The van der Waals surface area contributed by atoms with E-state index >= 15 is 0 Å². The average molecular weight is 518 g/mol. The van der Waals surface area contributed by atoms with Crippen LogP contribution in [0, 0.1) is 16.1 Å². The Hall–Kier alpha value is -2.57. The van der Waals surface area contributed by atoms with Gasteiger partial charge < -0.3 is 5.32 Å². The summed E-state index contributed by atoms with van der Waals surface area (Å²) in [5.41, 5.74) is -3.77. The number of rotatable bonds is 6. The van der Waals surface area contributed by atoms with Crippen molar-refractivity contribution in [3.8, 4) is 0 Å². The highest BCUT2D eigenvalue weighted by atomic mass is 32.2. The predicted octanol–water partition coefficient (Wildman–Crippen LogP) is 5.07. The first kappa shape index (κ1) is 24.1. The van der Waals surface area contributed by atoms with Gasteiger partial charge in [-0.05, 0) is 42.7 Å². The van der Waals surface area contributed by atoms with Crippen LogP contribution in [0.2, 0.25) is 0 Å². The Kier molecular flexibility index (Phi) is 4.99. The predicted molar refractivity (Wildman–Crippen MR) is 116 cm³/mol. The highest BCUT2D eigenvalue weighted by Gasteiger charge is 2.62. The second kappa shape index (κ2) is 7.23. The lowest BCUT2D eigenvalue weighted by Crippen LogP contribution is -2.56. The molecule has 4 aliphatic carbocycles. The van der Waals surface area contributed by atoms with Gasteiger partial charge >= 0.3 is 6.18 Å². The van der Waals surface area contributed by atoms with E-state index in [-0.39, 0.29) is 23.0 Å². The van der Waals surface area contributed by atoms with Crippen LogP contribution >= 0.6 is 0 Å². The minimum atomic E-state index is -4.89. The van der Waals surface area contributed by atoms with Crippen molar-refractivity contribution in [3.05, 3.63) is 35.3 Å². The van der Waals surface area contributed by atoms with Crippen molar-refractivity contribution in [2.24, 2.45) is 11.3 Å². The van der Waals surface area contributed by atoms with E-state index in [0.717, 1.165) is 17.0 Å². The Morgan fingerprint density at radius 2 is 1.91 bits per heavy atom. The van der Waals surface area contributed by atoms with Crippen LogP contribution in [0.5, 0.6) is 0 Å². The molecule has 6 rings (SSSR count). The quantitative estimate of drug-likeness (QED) is 0.523. The molecule has 7 nitrogen and oxygen atoms in total. The Morgan fingerprint density at radius 1 is 1.29 bits per heavy atom. The maximum absolute atomic E-state index is 14.4. The summed E-state index contributed by atoms with van der Waals surface area (Å²) >= 11 is 0. The van der Waals surface area contributed by atoms with Gasteiger partial charge in [0.05, 0.1) is 15.4 Å². The van der Waals surface area contributed by atoms with Crippen molar-refractivity contribution in [2.75, 3.05) is 11.6 Å². The molecule has 4 aliphatic rings. The lowest BCUT2D eigenvalue weighted by Gasteiger charge is -2.61. The zero-order valence-electron chi connectivity index (χ0n) is 19.0. The van der Waals surface area contributed by atoms with Crippen LogP contribution in [-0.2, 0) is 27.9 Å². The summed E-state index contributed by atoms with van der Waals surface area (Å²) in [6, 6.07) is 2.47. The molecule has 2 N–H and O–H groups in total. The number of hydrogen-bond donors (Lipinski definition) is 2. The summed E-state index contributed by atoms with van der Waals surface area (Å²) in [5.74, 6) is -3.65. The van der Waals surface area contributed by atoms with E-state index in [0.29, 0.717) is 25.2 Å². The van der Waals surface area contributed by atoms with Crippen molar-refractivity contribution in [2.45, 2.75) is 68.1 Å². The standard InChI is InChI=1S/C22H24F5N5O2S/c1-19(9-21(23,24)10-19)11-32-16(18(33)30-13-3-4-29-14(5-13)35(2,28)34)15(22(25,26)27)17(31-32)20-6-12(7-20)8-20/h3-5,12,28H,6-11H2,1-2H3,(H,29,30,33).